The van der Waals surface area contributed by atoms with E-state index in [9.17, 15) is 0 Å². The summed E-state index contributed by atoms with van der Waals surface area (Å²) in [6.07, 6.45) is 3.92. The maximum Gasteiger partial charge on any atom is 0.0589 e. The second kappa shape index (κ2) is 9.71. The Balaban J connectivity index is 0.000000175. The zero-order chi connectivity index (χ0) is 15.8. The molecule has 3 saturated carbocycles. The van der Waals surface area contributed by atoms with Crippen LogP contribution in [0.3, 0.4) is 0 Å². The van der Waals surface area contributed by atoms with Crippen LogP contribution in [0.25, 0.3) is 0 Å². The van der Waals surface area contributed by atoms with E-state index < -0.39 is 36.6 Å². The van der Waals surface area contributed by atoms with Crippen molar-refractivity contribution >= 4 is 0 Å². The third kappa shape index (κ3) is 10.2. The van der Waals surface area contributed by atoms with Gasteiger partial charge in [-0.15, -0.1) is 0 Å². The van der Waals surface area contributed by atoms with E-state index >= 15 is 0 Å². The topological polar surface area (TPSA) is 121 Å². The Labute approximate surface area is 126 Å². The first-order valence-electron chi connectivity index (χ1n) is 7.95. The zero-order valence-electron chi connectivity index (χ0n) is 12.5. The van der Waals surface area contributed by atoms with Gasteiger partial charge in [0.05, 0.1) is 36.6 Å². The van der Waals surface area contributed by atoms with E-state index in [0.717, 1.165) is 0 Å². The van der Waals surface area contributed by atoms with Crippen molar-refractivity contribution in [2.75, 3.05) is 0 Å². The average molecular weight is 306 g/mol. The van der Waals surface area contributed by atoms with Gasteiger partial charge in [0.25, 0.3) is 0 Å². The highest BCUT2D eigenvalue weighted by molar-refractivity contribution is 4.77. The van der Waals surface area contributed by atoms with Gasteiger partial charge in [0.2, 0.25) is 0 Å². The van der Waals surface area contributed by atoms with E-state index in [0.29, 0.717) is 38.5 Å². The summed E-state index contributed by atoms with van der Waals surface area (Å²) in [5, 5.41) is 53.6. The van der Waals surface area contributed by atoms with Crippen LogP contribution in [0.4, 0.5) is 0 Å². The van der Waals surface area contributed by atoms with Crippen molar-refractivity contribution in [2.45, 2.75) is 94.4 Å². The van der Waals surface area contributed by atoms with Gasteiger partial charge in [-0.2, -0.15) is 0 Å². The Morgan fingerprint density at radius 2 is 0.476 bits per heavy atom. The molecule has 6 heteroatoms. The van der Waals surface area contributed by atoms with Gasteiger partial charge >= 0.3 is 0 Å². The first kappa shape index (κ1) is 18.8. The highest BCUT2D eigenvalue weighted by Crippen LogP contribution is 2.19. The molecule has 21 heavy (non-hydrogen) atoms. The van der Waals surface area contributed by atoms with Gasteiger partial charge < -0.3 is 30.6 Å². The molecule has 0 unspecified atom stereocenters. The Bertz CT molecular complexity index is 196. The quantitative estimate of drug-likeness (QED) is 0.365. The average Bonchev–Trinajstić information content (AvgIpc) is 3.11. The molecule has 0 atom stereocenters. The lowest BCUT2D eigenvalue weighted by Gasteiger charge is -2.25. The van der Waals surface area contributed by atoms with E-state index in [2.05, 4.69) is 0 Å². The minimum atomic E-state index is -0.510. The van der Waals surface area contributed by atoms with Gasteiger partial charge in [-0.3, -0.25) is 0 Å². The lowest BCUT2D eigenvalue weighted by Crippen LogP contribution is -2.32. The molecule has 3 fully saturated rings. The fourth-order valence-corrected chi connectivity index (χ4v) is 2.46. The predicted octanol–water partition coefficient (Wildman–Crippen LogP) is -0.324. The van der Waals surface area contributed by atoms with Gasteiger partial charge in [-0.05, 0) is 38.5 Å². The maximum absolute atomic E-state index is 8.93. The summed E-state index contributed by atoms with van der Waals surface area (Å²) >= 11 is 0. The number of hydrogen-bond donors (Lipinski definition) is 6. The van der Waals surface area contributed by atoms with E-state index in [1.54, 1.807) is 0 Å². The molecule has 0 amide bonds. The zero-order valence-corrected chi connectivity index (χ0v) is 12.5. The van der Waals surface area contributed by atoms with Crippen LogP contribution in [-0.4, -0.2) is 67.3 Å². The maximum atomic E-state index is 8.93. The van der Waals surface area contributed by atoms with Gasteiger partial charge in [-0.1, -0.05) is 19.3 Å². The Morgan fingerprint density at radius 3 is 0.571 bits per heavy atom. The van der Waals surface area contributed by atoms with E-state index in [-0.39, 0.29) is 0 Å². The molecule has 0 aromatic carbocycles. The van der Waals surface area contributed by atoms with Crippen molar-refractivity contribution in [1.29, 1.82) is 0 Å². The highest BCUT2D eigenvalue weighted by atomic mass is 16.3. The molecule has 3 rings (SSSR count). The van der Waals surface area contributed by atoms with Crippen LogP contribution >= 0.6 is 0 Å². The van der Waals surface area contributed by atoms with Crippen molar-refractivity contribution in [2.24, 2.45) is 0 Å². The molecule has 0 saturated heterocycles. The van der Waals surface area contributed by atoms with E-state index in [4.69, 9.17) is 30.6 Å². The van der Waals surface area contributed by atoms with Crippen molar-refractivity contribution in [3.8, 4) is 0 Å². The summed E-state index contributed by atoms with van der Waals surface area (Å²) in [6, 6.07) is 0. The third-order valence-electron chi connectivity index (χ3n) is 3.62. The minimum absolute atomic E-state index is 0.414. The summed E-state index contributed by atoms with van der Waals surface area (Å²) in [6.45, 7) is 0. The molecule has 0 aliphatic heterocycles. The molecular formula is C15H30O6. The standard InChI is InChI=1S/2C6H12O3.C3H6/c2*7-4-1-5(8)3-6(9)2-4;1-2-3-1/h2*4-9H,1-3H2;1-3H2. The van der Waals surface area contributed by atoms with Crippen LogP contribution in [-0.2, 0) is 0 Å². The van der Waals surface area contributed by atoms with Gasteiger partial charge in [0, 0.05) is 0 Å². The molecule has 3 aliphatic rings. The van der Waals surface area contributed by atoms with Crippen molar-refractivity contribution in [3.05, 3.63) is 0 Å². The second-order valence-corrected chi connectivity index (χ2v) is 6.40. The summed E-state index contributed by atoms with van der Waals surface area (Å²) in [4.78, 5) is 0. The second-order valence-electron chi connectivity index (χ2n) is 6.40. The molecule has 6 N–H and O–H groups in total. The Kier molecular flexibility index (Phi) is 8.70. The highest BCUT2D eigenvalue weighted by Gasteiger charge is 2.24. The lowest BCUT2D eigenvalue weighted by atomic mass is 9.93. The molecule has 0 aromatic rings. The SMILES string of the molecule is C1CC1.OC1CC(O)CC(O)C1.OC1CC(O)CC(O)C1. The minimum Gasteiger partial charge on any atom is -0.393 e. The van der Waals surface area contributed by atoms with Gasteiger partial charge in [-0.25, -0.2) is 0 Å². The van der Waals surface area contributed by atoms with Crippen LogP contribution < -0.4 is 0 Å². The third-order valence-corrected chi connectivity index (χ3v) is 3.62. The molecule has 3 aliphatic carbocycles. The fourth-order valence-electron chi connectivity index (χ4n) is 2.46. The van der Waals surface area contributed by atoms with Gasteiger partial charge in [0.1, 0.15) is 0 Å². The first-order chi connectivity index (χ1) is 9.86. The van der Waals surface area contributed by atoms with E-state index in [1.807, 2.05) is 0 Å². The molecule has 0 radical (unpaired) electrons. The molecule has 0 heterocycles. The van der Waals surface area contributed by atoms with Crippen molar-refractivity contribution in [3.63, 3.8) is 0 Å². The summed E-state index contributed by atoms with van der Waals surface area (Å²) in [7, 11) is 0. The molecular weight excluding hydrogens is 276 g/mol. The first-order valence-corrected chi connectivity index (χ1v) is 7.95. The van der Waals surface area contributed by atoms with Crippen LogP contribution in [0, 0.1) is 0 Å². The summed E-state index contributed by atoms with van der Waals surface area (Å²) in [5.74, 6) is 0. The monoisotopic (exact) mass is 306 g/mol. The van der Waals surface area contributed by atoms with Gasteiger partial charge in [0.15, 0.2) is 0 Å². The number of aliphatic hydroxyl groups excluding tert-OH is 6. The molecule has 126 valence electrons. The molecule has 6 nitrogen and oxygen atoms in total. The summed E-state index contributed by atoms with van der Waals surface area (Å²) < 4.78 is 0. The molecule has 0 spiro atoms. The fraction of sp³-hybridized carbons (Fsp3) is 1.00. The van der Waals surface area contributed by atoms with Crippen LogP contribution in [0.5, 0.6) is 0 Å². The smallest absolute Gasteiger partial charge is 0.0589 e. The predicted molar refractivity (Wildman–Crippen MR) is 77.6 cm³/mol. The number of aliphatic hydroxyl groups is 6. The van der Waals surface area contributed by atoms with Crippen LogP contribution in [0.2, 0.25) is 0 Å². The molecule has 0 bridgehead atoms. The lowest BCUT2D eigenvalue weighted by molar-refractivity contribution is -0.0256. The molecule has 0 aromatic heterocycles. The Morgan fingerprint density at radius 1 is 0.333 bits per heavy atom. The van der Waals surface area contributed by atoms with E-state index in [1.165, 1.54) is 19.3 Å². The van der Waals surface area contributed by atoms with Crippen LogP contribution in [0.15, 0.2) is 0 Å². The number of rotatable bonds is 0. The van der Waals surface area contributed by atoms with Crippen molar-refractivity contribution in [1.82, 2.24) is 0 Å². The van der Waals surface area contributed by atoms with Crippen LogP contribution in [0.1, 0.15) is 57.8 Å². The normalized spacial score (nSPS) is 42.0. The number of hydrogen-bond acceptors (Lipinski definition) is 6. The largest absolute Gasteiger partial charge is 0.393 e. The summed E-state index contributed by atoms with van der Waals surface area (Å²) in [5.41, 5.74) is 0. The Hall–Kier alpha value is -0.240. The van der Waals surface area contributed by atoms with Crippen molar-refractivity contribution < 1.29 is 30.6 Å².